The molecule has 2 N–H and O–H groups in total. The molecule has 0 unspecified atom stereocenters. The summed E-state index contributed by atoms with van der Waals surface area (Å²) < 4.78 is 62.4. The van der Waals surface area contributed by atoms with E-state index in [4.69, 9.17) is 0 Å². The number of alkyl halides is 3. The smallest absolute Gasteiger partial charge is 0.356 e. The number of halogens is 4. The van der Waals surface area contributed by atoms with E-state index >= 15 is 0 Å². The lowest BCUT2D eigenvalue weighted by Crippen LogP contribution is -2.42. The Labute approximate surface area is 174 Å². The number of rotatable bonds is 6. The third kappa shape index (κ3) is 7.45. The van der Waals surface area contributed by atoms with Crippen molar-refractivity contribution < 1.29 is 21.6 Å². The van der Waals surface area contributed by atoms with Crippen molar-refractivity contribution in [1.29, 1.82) is 0 Å². The Morgan fingerprint density at radius 2 is 1.81 bits per heavy atom. The van der Waals surface area contributed by atoms with Crippen LogP contribution in [0.3, 0.4) is 0 Å². The highest BCUT2D eigenvalue weighted by atomic mass is 127. The van der Waals surface area contributed by atoms with Gasteiger partial charge in [0.05, 0.1) is 11.3 Å². The van der Waals surface area contributed by atoms with Gasteiger partial charge in [0.15, 0.2) is 5.96 Å². The van der Waals surface area contributed by atoms with Gasteiger partial charge in [-0.25, -0.2) is 12.7 Å². The fourth-order valence-corrected chi connectivity index (χ4v) is 4.18. The number of guanidine groups is 1. The van der Waals surface area contributed by atoms with Crippen molar-refractivity contribution in [1.82, 2.24) is 14.9 Å². The molecule has 1 fully saturated rings. The van der Waals surface area contributed by atoms with Gasteiger partial charge in [0.2, 0.25) is 10.0 Å². The lowest BCUT2D eigenvalue weighted by atomic mass is 10.1. The SMILES string of the molecule is CN=C(NCCc1ccc(C(F)(F)F)cc1)NCCN1CCCS1(=O)=O.I. The Morgan fingerprint density at radius 1 is 1.19 bits per heavy atom. The van der Waals surface area contributed by atoms with E-state index in [0.717, 1.165) is 17.7 Å². The first-order valence-electron chi connectivity index (χ1n) is 8.31. The van der Waals surface area contributed by atoms with E-state index in [1.54, 1.807) is 7.05 Å². The second-order valence-electron chi connectivity index (χ2n) is 5.94. The molecule has 6 nitrogen and oxygen atoms in total. The molecule has 0 atom stereocenters. The molecule has 11 heteroatoms. The van der Waals surface area contributed by atoms with Crippen LogP contribution >= 0.6 is 24.0 Å². The van der Waals surface area contributed by atoms with Gasteiger partial charge >= 0.3 is 6.18 Å². The highest BCUT2D eigenvalue weighted by Crippen LogP contribution is 2.29. The summed E-state index contributed by atoms with van der Waals surface area (Å²) in [4.78, 5) is 4.04. The molecule has 0 aromatic heterocycles. The summed E-state index contributed by atoms with van der Waals surface area (Å²) in [5.74, 6) is 0.723. The quantitative estimate of drug-likeness (QED) is 0.343. The molecule has 0 amide bonds. The van der Waals surface area contributed by atoms with Crippen LogP contribution in [-0.4, -0.2) is 57.7 Å². The summed E-state index contributed by atoms with van der Waals surface area (Å²) in [7, 11) is -1.51. The first-order chi connectivity index (χ1) is 12.2. The number of hydrogen-bond acceptors (Lipinski definition) is 3. The molecule has 27 heavy (non-hydrogen) atoms. The standard InChI is InChI=1S/C16H23F3N4O2S.HI/c1-20-15(22-9-11-23-10-2-12-26(23,24)25)21-8-7-13-3-5-14(6-4-13)16(17,18)19;/h3-6H,2,7-12H2,1H3,(H2,20,21,22);1H. The molecular weight excluding hydrogens is 496 g/mol. The van der Waals surface area contributed by atoms with Crippen LogP contribution in [0, 0.1) is 0 Å². The zero-order chi connectivity index (χ0) is 19.2. The molecule has 154 valence electrons. The van der Waals surface area contributed by atoms with Crippen LogP contribution in [0.15, 0.2) is 29.3 Å². The van der Waals surface area contributed by atoms with Crippen LogP contribution in [0.5, 0.6) is 0 Å². The first kappa shape index (κ1) is 24.0. The van der Waals surface area contributed by atoms with Gasteiger partial charge in [-0.2, -0.15) is 13.2 Å². The summed E-state index contributed by atoms with van der Waals surface area (Å²) in [5.41, 5.74) is 0.118. The molecule has 0 spiro atoms. The number of nitrogens with zero attached hydrogens (tertiary/aromatic N) is 2. The van der Waals surface area contributed by atoms with Crippen LogP contribution in [-0.2, 0) is 22.6 Å². The minimum absolute atomic E-state index is 0. The highest BCUT2D eigenvalue weighted by Gasteiger charge is 2.30. The summed E-state index contributed by atoms with van der Waals surface area (Å²) in [5, 5.41) is 6.09. The number of nitrogens with one attached hydrogen (secondary N) is 2. The minimum atomic E-state index is -4.33. The normalized spacial score (nSPS) is 17.4. The Balaban J connectivity index is 0.00000364. The van der Waals surface area contributed by atoms with Crippen LogP contribution in [0.25, 0.3) is 0 Å². The van der Waals surface area contributed by atoms with E-state index in [0.29, 0.717) is 45.0 Å². The van der Waals surface area contributed by atoms with Crippen molar-refractivity contribution >= 4 is 40.0 Å². The highest BCUT2D eigenvalue weighted by molar-refractivity contribution is 14.0. The van der Waals surface area contributed by atoms with Gasteiger partial charge in [0.1, 0.15) is 0 Å². The van der Waals surface area contributed by atoms with Crippen molar-refractivity contribution in [2.24, 2.45) is 4.99 Å². The topological polar surface area (TPSA) is 73.8 Å². The molecule has 1 aliphatic rings. The molecule has 0 saturated carbocycles. The number of hydrogen-bond donors (Lipinski definition) is 2. The van der Waals surface area contributed by atoms with Crippen molar-refractivity contribution in [3.8, 4) is 0 Å². The lowest BCUT2D eigenvalue weighted by Gasteiger charge is -2.16. The zero-order valence-electron chi connectivity index (χ0n) is 14.9. The summed E-state index contributed by atoms with van der Waals surface area (Å²) in [6.07, 6.45) is -3.13. The van der Waals surface area contributed by atoms with Gasteiger partial charge in [-0.05, 0) is 30.5 Å². The third-order valence-electron chi connectivity index (χ3n) is 4.07. The molecule has 1 aliphatic heterocycles. The Bertz CT molecular complexity index is 724. The van der Waals surface area contributed by atoms with E-state index in [-0.39, 0.29) is 29.7 Å². The number of aliphatic imine (C=N–C) groups is 1. The van der Waals surface area contributed by atoms with Crippen molar-refractivity contribution in [3.63, 3.8) is 0 Å². The monoisotopic (exact) mass is 520 g/mol. The van der Waals surface area contributed by atoms with Crippen molar-refractivity contribution in [2.45, 2.75) is 19.0 Å². The summed E-state index contributed by atoms with van der Waals surface area (Å²) in [6.45, 7) is 1.85. The van der Waals surface area contributed by atoms with Crippen LogP contribution in [0.4, 0.5) is 13.2 Å². The van der Waals surface area contributed by atoms with Crippen LogP contribution < -0.4 is 10.6 Å². The molecule has 1 heterocycles. The summed E-state index contributed by atoms with van der Waals surface area (Å²) >= 11 is 0. The second-order valence-corrected chi connectivity index (χ2v) is 8.03. The molecule has 0 bridgehead atoms. The fourth-order valence-electron chi connectivity index (χ4n) is 2.65. The van der Waals surface area contributed by atoms with Gasteiger partial charge in [-0.1, -0.05) is 12.1 Å². The predicted octanol–water partition coefficient (Wildman–Crippen LogP) is 2.07. The maximum Gasteiger partial charge on any atom is 0.416 e. The van der Waals surface area contributed by atoms with Gasteiger partial charge in [-0.15, -0.1) is 24.0 Å². The van der Waals surface area contributed by atoms with E-state index in [1.807, 2.05) is 0 Å². The molecule has 1 saturated heterocycles. The van der Waals surface area contributed by atoms with Gasteiger partial charge < -0.3 is 10.6 Å². The average molecular weight is 520 g/mol. The lowest BCUT2D eigenvalue weighted by molar-refractivity contribution is -0.137. The van der Waals surface area contributed by atoms with E-state index in [1.165, 1.54) is 16.4 Å². The Morgan fingerprint density at radius 3 is 2.33 bits per heavy atom. The first-order valence-corrected chi connectivity index (χ1v) is 9.92. The molecule has 1 aromatic carbocycles. The van der Waals surface area contributed by atoms with Crippen LogP contribution in [0.1, 0.15) is 17.5 Å². The molecular formula is C16H24F3IN4O2S. The van der Waals surface area contributed by atoms with Crippen LogP contribution in [0.2, 0.25) is 0 Å². The zero-order valence-corrected chi connectivity index (χ0v) is 18.1. The van der Waals surface area contributed by atoms with Crippen molar-refractivity contribution in [2.75, 3.05) is 39.0 Å². The second kappa shape index (κ2) is 10.5. The minimum Gasteiger partial charge on any atom is -0.356 e. The molecule has 0 aliphatic carbocycles. The number of benzene rings is 1. The van der Waals surface area contributed by atoms with E-state index in [2.05, 4.69) is 15.6 Å². The molecule has 2 rings (SSSR count). The summed E-state index contributed by atoms with van der Waals surface area (Å²) in [6, 6.07) is 5.05. The number of sulfonamides is 1. The van der Waals surface area contributed by atoms with Gasteiger partial charge in [-0.3, -0.25) is 4.99 Å². The van der Waals surface area contributed by atoms with Gasteiger partial charge in [0.25, 0.3) is 0 Å². The Kier molecular flexibility index (Phi) is 9.28. The third-order valence-corrected chi connectivity index (χ3v) is 6.02. The fraction of sp³-hybridized carbons (Fsp3) is 0.562. The predicted molar refractivity (Wildman–Crippen MR) is 110 cm³/mol. The largest absolute Gasteiger partial charge is 0.416 e. The van der Waals surface area contributed by atoms with E-state index < -0.39 is 21.8 Å². The maximum atomic E-state index is 12.5. The van der Waals surface area contributed by atoms with Crippen molar-refractivity contribution in [3.05, 3.63) is 35.4 Å². The maximum absolute atomic E-state index is 12.5. The van der Waals surface area contributed by atoms with Gasteiger partial charge in [0, 0.05) is 33.2 Å². The van der Waals surface area contributed by atoms with E-state index in [9.17, 15) is 21.6 Å². The molecule has 1 aromatic rings. The Hall–Kier alpha value is -1.08. The average Bonchev–Trinajstić information content (AvgIpc) is 2.91. The molecule has 0 radical (unpaired) electrons.